The molecule has 0 radical (unpaired) electrons. The number of aliphatic hydroxyl groups is 1. The molecule has 0 saturated carbocycles. The number of fused-ring (bicyclic) bond motifs is 1. The number of hydrogen-bond donors (Lipinski definition) is 1. The predicted octanol–water partition coefficient (Wildman–Crippen LogP) is 3.80. The molecule has 0 saturated heterocycles. The van der Waals surface area contributed by atoms with E-state index in [2.05, 4.69) is 0 Å². The highest BCUT2D eigenvalue weighted by Gasteiger charge is 2.39. The summed E-state index contributed by atoms with van der Waals surface area (Å²) in [7, 11) is -3.70. The first kappa shape index (κ1) is 16.3. The molecule has 122 valence electrons. The molecule has 1 aliphatic rings. The summed E-state index contributed by atoms with van der Waals surface area (Å²) in [6.45, 7) is 3.33. The second-order valence-electron chi connectivity index (χ2n) is 6.03. The topological polar surface area (TPSA) is 59.3 Å². The second-order valence-corrected chi connectivity index (χ2v) is 8.72. The maximum absolute atomic E-state index is 13.2. The van der Waals surface area contributed by atoms with E-state index in [9.17, 15) is 13.5 Å². The van der Waals surface area contributed by atoms with Crippen LogP contribution in [0.4, 0.5) is 0 Å². The first-order valence-corrected chi connectivity index (χ1v) is 9.16. The lowest BCUT2D eigenvalue weighted by atomic mass is 10.0. The fraction of sp³-hybridized carbons (Fsp3) is 0.294. The summed E-state index contributed by atoms with van der Waals surface area (Å²) in [5.41, 5.74) is 1.13. The number of rotatable bonds is 3. The lowest BCUT2D eigenvalue weighted by Crippen LogP contribution is -2.37. The lowest BCUT2D eigenvalue weighted by molar-refractivity contribution is 0.199. The second kappa shape index (κ2) is 5.51. The van der Waals surface area contributed by atoms with Crippen LogP contribution in [0.1, 0.15) is 31.9 Å². The number of hydrogen-bond acceptors (Lipinski definition) is 3. The van der Waals surface area contributed by atoms with Gasteiger partial charge in [0.15, 0.2) is 0 Å². The first-order valence-electron chi connectivity index (χ1n) is 7.34. The maximum Gasteiger partial charge on any atom is 0.248 e. The minimum Gasteiger partial charge on any atom is -0.389 e. The van der Waals surface area contributed by atoms with Crippen molar-refractivity contribution in [3.8, 4) is 0 Å². The Morgan fingerprint density at radius 2 is 2.09 bits per heavy atom. The zero-order valence-corrected chi connectivity index (χ0v) is 14.5. The van der Waals surface area contributed by atoms with Crippen LogP contribution in [-0.4, -0.2) is 22.2 Å². The third kappa shape index (κ3) is 2.53. The number of halogens is 1. The van der Waals surface area contributed by atoms with Crippen molar-refractivity contribution < 1.29 is 13.5 Å². The Hall–Kier alpha value is -1.56. The summed E-state index contributed by atoms with van der Waals surface area (Å²) in [5, 5.41) is 10.8. The van der Waals surface area contributed by atoms with E-state index in [4.69, 9.17) is 11.6 Å². The summed E-state index contributed by atoms with van der Waals surface area (Å²) in [5.74, 6) is 0. The number of aromatic nitrogens is 1. The van der Waals surface area contributed by atoms with E-state index in [1.165, 1.54) is 10.2 Å². The smallest absolute Gasteiger partial charge is 0.248 e. The summed E-state index contributed by atoms with van der Waals surface area (Å²) in [6, 6.07) is 5.17. The van der Waals surface area contributed by atoms with E-state index in [0.717, 1.165) is 0 Å². The molecule has 2 aromatic rings. The fourth-order valence-electron chi connectivity index (χ4n) is 2.76. The third-order valence-corrected chi connectivity index (χ3v) is 6.90. The van der Waals surface area contributed by atoms with Crippen LogP contribution in [0.3, 0.4) is 0 Å². The average Bonchev–Trinajstić information content (AvgIpc) is 2.85. The predicted molar refractivity (Wildman–Crippen MR) is 93.2 cm³/mol. The number of aliphatic hydroxyl groups excluding tert-OH is 1. The molecule has 4 nitrogen and oxygen atoms in total. The van der Waals surface area contributed by atoms with Gasteiger partial charge in [0.1, 0.15) is 4.75 Å². The molecule has 0 aliphatic heterocycles. The number of benzene rings is 1. The van der Waals surface area contributed by atoms with E-state index >= 15 is 0 Å². The van der Waals surface area contributed by atoms with Gasteiger partial charge < -0.3 is 5.11 Å². The monoisotopic (exact) mass is 351 g/mol. The van der Waals surface area contributed by atoms with Crippen molar-refractivity contribution in [3.05, 3.63) is 59.3 Å². The van der Waals surface area contributed by atoms with Crippen LogP contribution in [-0.2, 0) is 10.0 Å². The van der Waals surface area contributed by atoms with Crippen molar-refractivity contribution in [2.75, 3.05) is 0 Å². The van der Waals surface area contributed by atoms with Crippen molar-refractivity contribution in [1.29, 1.82) is 0 Å². The molecule has 1 N–H and O–H groups in total. The Kier molecular flexibility index (Phi) is 3.91. The zero-order chi connectivity index (χ0) is 16.8. The average molecular weight is 352 g/mol. The van der Waals surface area contributed by atoms with Crippen LogP contribution in [0.2, 0.25) is 5.02 Å². The van der Waals surface area contributed by atoms with Crippen LogP contribution < -0.4 is 0 Å². The quantitative estimate of drug-likeness (QED) is 0.914. The molecule has 0 amide bonds. The minimum absolute atomic E-state index is 0.375. The minimum atomic E-state index is -3.70. The SMILES string of the molecule is CC(O)c1ccc2c(Cl)cn(S(=O)(=O)C3(C)C=CC=CC3)c2c1. The van der Waals surface area contributed by atoms with Crippen molar-refractivity contribution in [3.63, 3.8) is 0 Å². The molecule has 0 fully saturated rings. The fourth-order valence-corrected chi connectivity index (χ4v) is 4.73. The van der Waals surface area contributed by atoms with Gasteiger partial charge in [0.2, 0.25) is 10.0 Å². The Morgan fingerprint density at radius 1 is 1.35 bits per heavy atom. The molecular formula is C17H18ClNO3S. The van der Waals surface area contributed by atoms with Gasteiger partial charge in [-0.25, -0.2) is 12.4 Å². The molecule has 1 aromatic heterocycles. The van der Waals surface area contributed by atoms with Crippen LogP contribution >= 0.6 is 11.6 Å². The van der Waals surface area contributed by atoms with Gasteiger partial charge in [0.05, 0.1) is 16.6 Å². The van der Waals surface area contributed by atoms with E-state index < -0.39 is 20.9 Å². The van der Waals surface area contributed by atoms with Crippen molar-refractivity contribution in [2.24, 2.45) is 0 Å². The van der Waals surface area contributed by atoms with Gasteiger partial charge in [0.25, 0.3) is 0 Å². The molecular weight excluding hydrogens is 334 g/mol. The summed E-state index contributed by atoms with van der Waals surface area (Å²) < 4.78 is 26.6. The molecule has 1 aromatic carbocycles. The van der Waals surface area contributed by atoms with Gasteiger partial charge in [-0.1, -0.05) is 48.0 Å². The normalized spacial score (nSPS) is 22.6. The van der Waals surface area contributed by atoms with Gasteiger partial charge in [-0.3, -0.25) is 0 Å². The Bertz CT molecular complexity index is 925. The zero-order valence-electron chi connectivity index (χ0n) is 12.9. The Balaban J connectivity index is 2.25. The molecule has 2 atom stereocenters. The molecule has 1 heterocycles. The Labute approximate surface area is 140 Å². The van der Waals surface area contributed by atoms with E-state index in [1.807, 2.05) is 12.2 Å². The molecule has 1 aliphatic carbocycles. The molecule has 6 heteroatoms. The van der Waals surface area contributed by atoms with Gasteiger partial charge in [-0.15, -0.1) is 0 Å². The number of allylic oxidation sites excluding steroid dienone is 3. The van der Waals surface area contributed by atoms with Crippen molar-refractivity contribution >= 4 is 32.5 Å². The van der Waals surface area contributed by atoms with Crippen LogP contribution in [0.5, 0.6) is 0 Å². The highest BCUT2D eigenvalue weighted by molar-refractivity contribution is 7.91. The first-order chi connectivity index (χ1) is 10.8. The molecule has 23 heavy (non-hydrogen) atoms. The Morgan fingerprint density at radius 3 is 2.70 bits per heavy atom. The highest BCUT2D eigenvalue weighted by atomic mass is 35.5. The van der Waals surface area contributed by atoms with Gasteiger partial charge in [-0.05, 0) is 31.9 Å². The van der Waals surface area contributed by atoms with Crippen LogP contribution in [0, 0.1) is 0 Å². The van der Waals surface area contributed by atoms with E-state index in [-0.39, 0.29) is 0 Å². The van der Waals surface area contributed by atoms with Gasteiger partial charge >= 0.3 is 0 Å². The standard InChI is InChI=1S/C17H18ClNO3S/c1-12(20)13-6-7-14-15(18)11-19(16(14)10-13)23(21,22)17(2)8-4-3-5-9-17/h3-8,10-12,20H,9H2,1-2H3. The van der Waals surface area contributed by atoms with Gasteiger partial charge in [0, 0.05) is 11.6 Å². The molecule has 2 unspecified atom stereocenters. The van der Waals surface area contributed by atoms with Crippen molar-refractivity contribution in [2.45, 2.75) is 31.1 Å². The van der Waals surface area contributed by atoms with Crippen LogP contribution in [0.15, 0.2) is 48.7 Å². The van der Waals surface area contributed by atoms with E-state index in [1.54, 1.807) is 44.2 Å². The molecule has 0 bridgehead atoms. The maximum atomic E-state index is 13.2. The molecule has 0 spiro atoms. The number of nitrogens with zero attached hydrogens (tertiary/aromatic N) is 1. The van der Waals surface area contributed by atoms with Crippen LogP contribution in [0.25, 0.3) is 10.9 Å². The molecule has 3 rings (SSSR count). The van der Waals surface area contributed by atoms with Gasteiger partial charge in [-0.2, -0.15) is 0 Å². The summed E-state index contributed by atoms with van der Waals surface area (Å²) in [6.07, 6.45) is 8.27. The highest BCUT2D eigenvalue weighted by Crippen LogP contribution is 2.35. The van der Waals surface area contributed by atoms with Crippen molar-refractivity contribution in [1.82, 2.24) is 3.97 Å². The third-order valence-electron chi connectivity index (χ3n) is 4.30. The largest absolute Gasteiger partial charge is 0.389 e. The lowest BCUT2D eigenvalue weighted by Gasteiger charge is -2.27. The summed E-state index contributed by atoms with van der Waals surface area (Å²) >= 11 is 6.22. The van der Waals surface area contributed by atoms with E-state index in [0.29, 0.717) is 27.9 Å². The summed E-state index contributed by atoms with van der Waals surface area (Å²) in [4.78, 5) is 0.